The predicted octanol–water partition coefficient (Wildman–Crippen LogP) is 2.51. The van der Waals surface area contributed by atoms with E-state index in [1.807, 2.05) is 12.1 Å². The van der Waals surface area contributed by atoms with E-state index < -0.39 is 0 Å². The third-order valence-corrected chi connectivity index (χ3v) is 3.29. The highest BCUT2D eigenvalue weighted by Crippen LogP contribution is 2.23. The van der Waals surface area contributed by atoms with E-state index in [2.05, 4.69) is 27.8 Å². The average molecular weight is 243 g/mol. The zero-order valence-corrected chi connectivity index (χ0v) is 10.2. The van der Waals surface area contributed by atoms with E-state index in [1.165, 1.54) is 19.2 Å². The first-order valence-corrected chi connectivity index (χ1v) is 6.38. The maximum Gasteiger partial charge on any atom is 0.181 e. The SMILES string of the molecule is c1cc(NC2CCNCC2)cc(-c2cnco2)c1. The van der Waals surface area contributed by atoms with Crippen LogP contribution in [0.25, 0.3) is 11.3 Å². The van der Waals surface area contributed by atoms with Crippen LogP contribution in [0.15, 0.2) is 41.3 Å². The summed E-state index contributed by atoms with van der Waals surface area (Å²) in [6.45, 7) is 2.19. The molecule has 1 aliphatic heterocycles. The fraction of sp³-hybridized carbons (Fsp3) is 0.357. The van der Waals surface area contributed by atoms with Crippen LogP contribution in [0.1, 0.15) is 12.8 Å². The van der Waals surface area contributed by atoms with E-state index in [-0.39, 0.29) is 0 Å². The molecule has 0 radical (unpaired) electrons. The first kappa shape index (κ1) is 11.3. The molecule has 0 bridgehead atoms. The Bertz CT molecular complexity index is 490. The van der Waals surface area contributed by atoms with Crippen LogP contribution >= 0.6 is 0 Å². The van der Waals surface area contributed by atoms with Crippen molar-refractivity contribution in [1.82, 2.24) is 10.3 Å². The lowest BCUT2D eigenvalue weighted by Gasteiger charge is -2.24. The van der Waals surface area contributed by atoms with Crippen LogP contribution in [-0.4, -0.2) is 24.1 Å². The van der Waals surface area contributed by atoms with Gasteiger partial charge in [0.05, 0.1) is 6.20 Å². The van der Waals surface area contributed by atoms with Gasteiger partial charge in [-0.25, -0.2) is 4.98 Å². The monoisotopic (exact) mass is 243 g/mol. The summed E-state index contributed by atoms with van der Waals surface area (Å²) in [5.41, 5.74) is 2.21. The topological polar surface area (TPSA) is 50.1 Å². The van der Waals surface area contributed by atoms with Crippen molar-refractivity contribution in [3.63, 3.8) is 0 Å². The molecular weight excluding hydrogens is 226 g/mol. The molecule has 2 aromatic rings. The zero-order chi connectivity index (χ0) is 12.2. The predicted molar refractivity (Wildman–Crippen MR) is 71.5 cm³/mol. The molecule has 1 aromatic carbocycles. The second-order valence-corrected chi connectivity index (χ2v) is 4.62. The van der Waals surface area contributed by atoms with Gasteiger partial charge in [0.15, 0.2) is 12.2 Å². The van der Waals surface area contributed by atoms with Gasteiger partial charge in [-0.2, -0.15) is 0 Å². The van der Waals surface area contributed by atoms with Crippen molar-refractivity contribution in [2.45, 2.75) is 18.9 Å². The molecule has 3 rings (SSSR count). The van der Waals surface area contributed by atoms with Crippen LogP contribution in [0.4, 0.5) is 5.69 Å². The number of anilines is 1. The van der Waals surface area contributed by atoms with Crippen LogP contribution in [0.3, 0.4) is 0 Å². The molecule has 0 amide bonds. The third-order valence-electron chi connectivity index (χ3n) is 3.29. The van der Waals surface area contributed by atoms with Gasteiger partial charge in [-0.3, -0.25) is 0 Å². The van der Waals surface area contributed by atoms with Gasteiger partial charge < -0.3 is 15.1 Å². The highest BCUT2D eigenvalue weighted by atomic mass is 16.3. The molecule has 0 saturated carbocycles. The van der Waals surface area contributed by atoms with Crippen LogP contribution in [0.5, 0.6) is 0 Å². The van der Waals surface area contributed by atoms with Gasteiger partial charge in [-0.05, 0) is 38.1 Å². The second kappa shape index (κ2) is 5.23. The minimum absolute atomic E-state index is 0.566. The molecule has 0 atom stereocenters. The molecule has 1 saturated heterocycles. The third kappa shape index (κ3) is 2.54. The molecule has 4 nitrogen and oxygen atoms in total. The molecule has 4 heteroatoms. The number of hydrogen-bond donors (Lipinski definition) is 2. The summed E-state index contributed by atoms with van der Waals surface area (Å²) < 4.78 is 5.32. The summed E-state index contributed by atoms with van der Waals surface area (Å²) in [5, 5.41) is 6.95. The largest absolute Gasteiger partial charge is 0.444 e. The smallest absolute Gasteiger partial charge is 0.181 e. The Morgan fingerprint density at radius 2 is 2.17 bits per heavy atom. The molecule has 1 aliphatic rings. The maximum absolute atomic E-state index is 5.32. The first-order valence-electron chi connectivity index (χ1n) is 6.38. The lowest BCUT2D eigenvalue weighted by molar-refractivity contribution is 0.479. The Hall–Kier alpha value is -1.81. The maximum atomic E-state index is 5.32. The van der Waals surface area contributed by atoms with Gasteiger partial charge in [-0.1, -0.05) is 12.1 Å². The van der Waals surface area contributed by atoms with Crippen molar-refractivity contribution in [3.8, 4) is 11.3 Å². The van der Waals surface area contributed by atoms with Crippen molar-refractivity contribution >= 4 is 5.69 Å². The molecular formula is C14H17N3O. The number of benzene rings is 1. The van der Waals surface area contributed by atoms with Gasteiger partial charge in [0.25, 0.3) is 0 Å². The fourth-order valence-electron chi connectivity index (χ4n) is 2.32. The number of hydrogen-bond acceptors (Lipinski definition) is 4. The van der Waals surface area contributed by atoms with Crippen molar-refractivity contribution < 1.29 is 4.42 Å². The van der Waals surface area contributed by atoms with Gasteiger partial charge in [-0.15, -0.1) is 0 Å². The molecule has 1 aromatic heterocycles. The number of piperidine rings is 1. The Morgan fingerprint density at radius 1 is 1.28 bits per heavy atom. The standard InChI is InChI=1S/C14H17N3O/c1-2-11(14-9-16-10-18-14)8-13(3-1)17-12-4-6-15-7-5-12/h1-3,8-10,12,15,17H,4-7H2. The van der Waals surface area contributed by atoms with E-state index in [0.29, 0.717) is 6.04 Å². The van der Waals surface area contributed by atoms with Crippen molar-refractivity contribution in [1.29, 1.82) is 0 Å². The van der Waals surface area contributed by atoms with Crippen molar-refractivity contribution in [2.24, 2.45) is 0 Å². The lowest BCUT2D eigenvalue weighted by Crippen LogP contribution is -2.35. The van der Waals surface area contributed by atoms with Gasteiger partial charge in [0.1, 0.15) is 0 Å². The van der Waals surface area contributed by atoms with Crippen LogP contribution < -0.4 is 10.6 Å². The normalized spacial score (nSPS) is 16.7. The van der Waals surface area contributed by atoms with E-state index in [0.717, 1.165) is 30.1 Å². The Labute approximate surface area is 106 Å². The second-order valence-electron chi connectivity index (χ2n) is 4.62. The van der Waals surface area contributed by atoms with E-state index >= 15 is 0 Å². The fourth-order valence-corrected chi connectivity index (χ4v) is 2.32. The summed E-state index contributed by atoms with van der Waals surface area (Å²) in [4.78, 5) is 3.95. The molecule has 0 spiro atoms. The van der Waals surface area contributed by atoms with Gasteiger partial charge in [0, 0.05) is 17.3 Å². The minimum Gasteiger partial charge on any atom is -0.444 e. The zero-order valence-electron chi connectivity index (χ0n) is 10.2. The highest BCUT2D eigenvalue weighted by molar-refractivity contribution is 5.63. The van der Waals surface area contributed by atoms with E-state index in [1.54, 1.807) is 6.20 Å². The summed E-state index contributed by atoms with van der Waals surface area (Å²) in [6.07, 6.45) is 5.55. The van der Waals surface area contributed by atoms with Crippen LogP contribution in [0.2, 0.25) is 0 Å². The quantitative estimate of drug-likeness (QED) is 0.869. The Balaban J connectivity index is 1.74. The molecule has 0 aliphatic carbocycles. The molecule has 0 unspecified atom stereocenters. The number of nitrogens with zero attached hydrogens (tertiary/aromatic N) is 1. The van der Waals surface area contributed by atoms with Crippen molar-refractivity contribution in [2.75, 3.05) is 18.4 Å². The minimum atomic E-state index is 0.566. The van der Waals surface area contributed by atoms with E-state index in [9.17, 15) is 0 Å². The van der Waals surface area contributed by atoms with E-state index in [4.69, 9.17) is 4.42 Å². The first-order chi connectivity index (χ1) is 8.92. The number of rotatable bonds is 3. The summed E-state index contributed by atoms with van der Waals surface area (Å²) in [7, 11) is 0. The molecule has 18 heavy (non-hydrogen) atoms. The summed E-state index contributed by atoms with van der Waals surface area (Å²) in [6, 6.07) is 8.86. The lowest BCUT2D eigenvalue weighted by atomic mass is 10.1. The Morgan fingerprint density at radius 3 is 2.94 bits per heavy atom. The van der Waals surface area contributed by atoms with Gasteiger partial charge in [0.2, 0.25) is 0 Å². The molecule has 2 N–H and O–H groups in total. The average Bonchev–Trinajstić information content (AvgIpc) is 2.94. The van der Waals surface area contributed by atoms with Gasteiger partial charge >= 0.3 is 0 Å². The molecule has 2 heterocycles. The summed E-state index contributed by atoms with van der Waals surface area (Å²) in [5.74, 6) is 0.809. The highest BCUT2D eigenvalue weighted by Gasteiger charge is 2.12. The number of oxazole rings is 1. The summed E-state index contributed by atoms with van der Waals surface area (Å²) >= 11 is 0. The Kier molecular flexibility index (Phi) is 3.28. The van der Waals surface area contributed by atoms with Crippen LogP contribution in [-0.2, 0) is 0 Å². The molecule has 1 fully saturated rings. The van der Waals surface area contributed by atoms with Crippen molar-refractivity contribution in [3.05, 3.63) is 36.9 Å². The number of aromatic nitrogens is 1. The van der Waals surface area contributed by atoms with Crippen LogP contribution in [0, 0.1) is 0 Å². The molecule has 94 valence electrons. The number of nitrogens with one attached hydrogen (secondary N) is 2.